The van der Waals surface area contributed by atoms with E-state index >= 15 is 0 Å². The lowest BCUT2D eigenvalue weighted by molar-refractivity contribution is 0.00578. The van der Waals surface area contributed by atoms with Crippen molar-refractivity contribution in [2.75, 3.05) is 25.0 Å². The molecule has 6 rings (SSSR count). The number of fused-ring (bicyclic) bond motifs is 3. The third-order valence-corrected chi connectivity index (χ3v) is 9.30. The van der Waals surface area contributed by atoms with Crippen LogP contribution in [0.1, 0.15) is 67.1 Å². The summed E-state index contributed by atoms with van der Waals surface area (Å²) < 4.78 is 12.2. The summed E-state index contributed by atoms with van der Waals surface area (Å²) >= 11 is 0. The Morgan fingerprint density at radius 3 is 2.32 bits per heavy atom. The van der Waals surface area contributed by atoms with Crippen molar-refractivity contribution in [3.63, 3.8) is 0 Å². The van der Waals surface area contributed by atoms with Crippen LogP contribution in [0.3, 0.4) is 0 Å². The molecule has 7 nitrogen and oxygen atoms in total. The second kappa shape index (κ2) is 10.9. The van der Waals surface area contributed by atoms with Crippen LogP contribution in [0, 0.1) is 0 Å². The predicted octanol–water partition coefficient (Wildman–Crippen LogP) is 4.66. The van der Waals surface area contributed by atoms with E-state index < -0.39 is 7.12 Å². The number of rotatable bonds is 7. The number of anilines is 1. The molecule has 3 aromatic rings. The Hall–Kier alpha value is -3.17. The summed E-state index contributed by atoms with van der Waals surface area (Å²) in [7, 11) is 1.82. The highest BCUT2D eigenvalue weighted by Crippen LogP contribution is 2.45. The fraction of sp³-hybridized carbons (Fsp3) is 0.424. The smallest absolute Gasteiger partial charge is 0.399 e. The molecule has 1 N–H and O–H groups in total. The van der Waals surface area contributed by atoms with Crippen molar-refractivity contribution in [3.05, 3.63) is 95.1 Å². The highest BCUT2D eigenvalue weighted by molar-refractivity contribution is 6.62. The number of likely N-dealkylation sites (N-methyl/N-ethyl adjacent to an activating group) is 1. The molecule has 0 saturated carbocycles. The van der Waals surface area contributed by atoms with Gasteiger partial charge in [0.15, 0.2) is 0 Å². The minimum Gasteiger partial charge on any atom is -0.399 e. The number of piperidine rings is 1. The molecule has 1 amide bonds. The second-order valence-corrected chi connectivity index (χ2v) is 12.7. The van der Waals surface area contributed by atoms with E-state index in [2.05, 4.69) is 46.6 Å². The van der Waals surface area contributed by atoms with Gasteiger partial charge in [0.05, 0.1) is 17.8 Å². The minimum absolute atomic E-state index is 0.257. The maximum absolute atomic E-state index is 12.7. The molecule has 2 unspecified atom stereocenters. The molecular weight excluding hydrogens is 513 g/mol. The van der Waals surface area contributed by atoms with Crippen LogP contribution >= 0.6 is 0 Å². The van der Waals surface area contributed by atoms with Crippen molar-refractivity contribution in [1.82, 2.24) is 10.4 Å². The van der Waals surface area contributed by atoms with E-state index in [1.165, 1.54) is 16.8 Å². The number of carbonyl (C=O) groups is 1. The predicted molar refractivity (Wildman–Crippen MR) is 162 cm³/mol. The van der Waals surface area contributed by atoms with Crippen molar-refractivity contribution >= 4 is 24.2 Å². The lowest BCUT2D eigenvalue weighted by Gasteiger charge is -2.37. The quantitative estimate of drug-likeness (QED) is 0.340. The lowest BCUT2D eigenvalue weighted by Crippen LogP contribution is -2.44. The molecule has 0 bridgehead atoms. The molecule has 2 fully saturated rings. The minimum atomic E-state index is -0.399. The molecule has 0 radical (unpaired) electrons. The normalized spacial score (nSPS) is 22.9. The first-order valence-corrected chi connectivity index (χ1v) is 14.6. The zero-order chi connectivity index (χ0) is 28.8. The zero-order valence-corrected chi connectivity index (χ0v) is 24.7. The number of amides is 1. The molecular formula is C33H40BN3O4. The molecule has 2 saturated heterocycles. The van der Waals surface area contributed by atoms with E-state index in [9.17, 15) is 4.79 Å². The van der Waals surface area contributed by atoms with Gasteiger partial charge in [-0.15, -0.1) is 0 Å². The summed E-state index contributed by atoms with van der Waals surface area (Å²) in [5.74, 6) is 0.291. The molecule has 3 heterocycles. The van der Waals surface area contributed by atoms with Crippen molar-refractivity contribution < 1.29 is 18.9 Å². The van der Waals surface area contributed by atoms with E-state index in [4.69, 9.17) is 14.1 Å². The first-order chi connectivity index (χ1) is 19.6. The van der Waals surface area contributed by atoms with Gasteiger partial charge >= 0.3 is 7.12 Å². The van der Waals surface area contributed by atoms with Crippen LogP contribution in [0.2, 0.25) is 0 Å². The van der Waals surface area contributed by atoms with E-state index in [1.54, 1.807) is 0 Å². The molecule has 0 aliphatic carbocycles. The molecule has 0 aromatic heterocycles. The Morgan fingerprint density at radius 1 is 0.951 bits per heavy atom. The van der Waals surface area contributed by atoms with Gasteiger partial charge in [-0.2, -0.15) is 0 Å². The monoisotopic (exact) mass is 553 g/mol. The van der Waals surface area contributed by atoms with Gasteiger partial charge in [-0.05, 0) is 88.1 Å². The molecule has 3 aromatic carbocycles. The largest absolute Gasteiger partial charge is 0.494 e. The van der Waals surface area contributed by atoms with E-state index in [1.807, 2.05) is 76.2 Å². The topological polar surface area (TPSA) is 63.3 Å². The average Bonchev–Trinajstić information content (AvgIpc) is 3.37. The number of para-hydroxylation sites is 1. The van der Waals surface area contributed by atoms with Crippen LogP contribution < -0.4 is 15.8 Å². The number of hydrogen-bond donors (Lipinski definition) is 1. The van der Waals surface area contributed by atoms with Crippen LogP contribution in [0.15, 0.2) is 72.8 Å². The van der Waals surface area contributed by atoms with E-state index in [-0.39, 0.29) is 23.7 Å². The van der Waals surface area contributed by atoms with Gasteiger partial charge in [0.25, 0.3) is 5.91 Å². The van der Waals surface area contributed by atoms with Crippen molar-refractivity contribution in [3.8, 4) is 0 Å². The number of likely N-dealkylation sites (tertiary alicyclic amines) is 1. The van der Waals surface area contributed by atoms with Gasteiger partial charge < -0.3 is 19.1 Å². The van der Waals surface area contributed by atoms with Crippen LogP contribution in [-0.4, -0.2) is 55.3 Å². The first-order valence-electron chi connectivity index (χ1n) is 14.6. The van der Waals surface area contributed by atoms with Crippen LogP contribution in [-0.2, 0) is 27.3 Å². The molecule has 8 heteroatoms. The SMILES string of the molecule is CN1CCC2C(C1)c1ccccc1N2Cc1ccc(C(=O)NOCc2ccc(B3OC(C)(C)C(C)(C)O3)cc2)cc1. The number of carbonyl (C=O) groups excluding carboxylic acids is 1. The van der Waals surface area contributed by atoms with Crippen LogP contribution in [0.25, 0.3) is 0 Å². The number of nitrogens with one attached hydrogen (secondary N) is 1. The van der Waals surface area contributed by atoms with Crippen LogP contribution in [0.4, 0.5) is 5.69 Å². The lowest BCUT2D eigenvalue weighted by atomic mass is 9.79. The molecule has 214 valence electrons. The fourth-order valence-corrected chi connectivity index (χ4v) is 6.18. The Bertz CT molecular complexity index is 1380. The van der Waals surface area contributed by atoms with Crippen molar-refractivity contribution in [1.29, 1.82) is 0 Å². The highest BCUT2D eigenvalue weighted by atomic mass is 16.7. The Balaban J connectivity index is 1.02. The maximum Gasteiger partial charge on any atom is 0.494 e. The van der Waals surface area contributed by atoms with Crippen LogP contribution in [0.5, 0.6) is 0 Å². The van der Waals surface area contributed by atoms with Gasteiger partial charge in [0.1, 0.15) is 0 Å². The highest BCUT2D eigenvalue weighted by Gasteiger charge is 2.51. The zero-order valence-electron chi connectivity index (χ0n) is 24.7. The Labute approximate surface area is 243 Å². The number of nitrogens with zero attached hydrogens (tertiary/aromatic N) is 2. The first kappa shape index (κ1) is 28.0. The van der Waals surface area contributed by atoms with E-state index in [0.717, 1.165) is 37.1 Å². The van der Waals surface area contributed by atoms with Gasteiger partial charge in [-0.3, -0.25) is 9.63 Å². The standard InChI is InChI=1S/C33H40BN3O4/c1-32(2)33(3,4)41-34(40-32)26-16-12-24(13-17-26)22-39-35-31(38)25-14-10-23(11-15-25)20-37-29-9-7-6-8-27(29)28-21-36(5)19-18-30(28)37/h6-17,28,30H,18-22H2,1-5H3,(H,35,38). The van der Waals surface area contributed by atoms with Crippen molar-refractivity contribution in [2.45, 2.75) is 70.4 Å². The summed E-state index contributed by atoms with van der Waals surface area (Å²) in [6.07, 6.45) is 1.16. The molecule has 41 heavy (non-hydrogen) atoms. The van der Waals surface area contributed by atoms with Gasteiger partial charge in [-0.25, -0.2) is 5.48 Å². The number of benzene rings is 3. The fourth-order valence-electron chi connectivity index (χ4n) is 6.18. The van der Waals surface area contributed by atoms with E-state index in [0.29, 0.717) is 17.5 Å². The molecule has 0 spiro atoms. The van der Waals surface area contributed by atoms with Gasteiger partial charge in [-0.1, -0.05) is 54.6 Å². The number of hydroxylamine groups is 1. The average molecular weight is 554 g/mol. The summed E-state index contributed by atoms with van der Waals surface area (Å²) in [6.45, 7) is 11.5. The molecule has 3 aliphatic heterocycles. The second-order valence-electron chi connectivity index (χ2n) is 12.7. The third-order valence-electron chi connectivity index (χ3n) is 9.30. The Morgan fingerprint density at radius 2 is 1.61 bits per heavy atom. The summed E-state index contributed by atoms with van der Waals surface area (Å²) in [6, 6.07) is 25.1. The maximum atomic E-state index is 12.7. The summed E-state index contributed by atoms with van der Waals surface area (Å²) in [4.78, 5) is 23.3. The number of hydrogen-bond acceptors (Lipinski definition) is 6. The third kappa shape index (κ3) is 5.54. The van der Waals surface area contributed by atoms with Crippen molar-refractivity contribution in [2.24, 2.45) is 0 Å². The summed E-state index contributed by atoms with van der Waals surface area (Å²) in [5.41, 5.74) is 8.30. The van der Waals surface area contributed by atoms with Gasteiger partial charge in [0, 0.05) is 36.3 Å². The summed E-state index contributed by atoms with van der Waals surface area (Å²) in [5, 5.41) is 0. The molecule has 2 atom stereocenters. The van der Waals surface area contributed by atoms with Gasteiger partial charge in [0.2, 0.25) is 0 Å². The Kier molecular flexibility index (Phi) is 7.45. The molecule has 3 aliphatic rings.